The first kappa shape index (κ1) is 14.7. The van der Waals surface area contributed by atoms with Crippen molar-refractivity contribution >= 4 is 0 Å². The molecule has 2 heteroatoms. The molecule has 2 aromatic rings. The van der Waals surface area contributed by atoms with Crippen LogP contribution in [0.2, 0.25) is 0 Å². The van der Waals surface area contributed by atoms with Crippen molar-refractivity contribution in [1.82, 2.24) is 10.3 Å². The quantitative estimate of drug-likeness (QED) is 0.878. The zero-order valence-corrected chi connectivity index (χ0v) is 12.9. The summed E-state index contributed by atoms with van der Waals surface area (Å²) in [6, 6.07) is 13.3. The van der Waals surface area contributed by atoms with Crippen LogP contribution in [0, 0.1) is 6.92 Å². The second-order valence-electron chi connectivity index (χ2n) is 5.49. The Morgan fingerprint density at radius 2 is 1.70 bits per heavy atom. The summed E-state index contributed by atoms with van der Waals surface area (Å²) in [7, 11) is 0. The molecule has 0 aliphatic carbocycles. The lowest BCUT2D eigenvalue weighted by Crippen LogP contribution is -2.23. The average molecular weight is 268 g/mol. The van der Waals surface area contributed by atoms with Gasteiger partial charge >= 0.3 is 0 Å². The maximum atomic E-state index is 4.41. The summed E-state index contributed by atoms with van der Waals surface area (Å²) >= 11 is 0. The van der Waals surface area contributed by atoms with Crippen molar-refractivity contribution in [3.63, 3.8) is 0 Å². The van der Waals surface area contributed by atoms with Crippen LogP contribution in [0.4, 0.5) is 0 Å². The van der Waals surface area contributed by atoms with Gasteiger partial charge in [0, 0.05) is 11.9 Å². The molecule has 0 amide bonds. The third kappa shape index (κ3) is 3.26. The predicted molar refractivity (Wildman–Crippen MR) is 85.0 cm³/mol. The molecular formula is C18H24N2. The molecule has 1 N–H and O–H groups in total. The van der Waals surface area contributed by atoms with Gasteiger partial charge in [0.15, 0.2) is 0 Å². The van der Waals surface area contributed by atoms with Crippen molar-refractivity contribution in [2.45, 2.75) is 39.7 Å². The Bertz CT molecular complexity index is 544. The molecule has 1 atom stereocenters. The first-order chi connectivity index (χ1) is 9.63. The Labute approximate surface area is 122 Å². The van der Waals surface area contributed by atoms with Gasteiger partial charge in [-0.25, -0.2) is 0 Å². The minimum atomic E-state index is 0.218. The van der Waals surface area contributed by atoms with Crippen LogP contribution in [-0.4, -0.2) is 11.5 Å². The fourth-order valence-corrected chi connectivity index (χ4v) is 2.49. The number of nitrogens with one attached hydrogen (secondary N) is 1. The molecule has 20 heavy (non-hydrogen) atoms. The Hall–Kier alpha value is -1.67. The Morgan fingerprint density at radius 1 is 1.05 bits per heavy atom. The van der Waals surface area contributed by atoms with E-state index in [1.165, 1.54) is 16.7 Å². The van der Waals surface area contributed by atoms with Crippen LogP contribution in [0.15, 0.2) is 42.6 Å². The molecule has 1 unspecified atom stereocenters. The molecular weight excluding hydrogens is 244 g/mol. The molecule has 0 radical (unpaired) electrons. The monoisotopic (exact) mass is 268 g/mol. The summed E-state index contributed by atoms with van der Waals surface area (Å²) in [5.41, 5.74) is 5.03. The van der Waals surface area contributed by atoms with E-state index in [2.05, 4.69) is 68.3 Å². The van der Waals surface area contributed by atoms with Gasteiger partial charge in [-0.1, -0.05) is 51.1 Å². The summed E-state index contributed by atoms with van der Waals surface area (Å²) in [6.45, 7) is 9.60. The van der Waals surface area contributed by atoms with Crippen molar-refractivity contribution in [1.29, 1.82) is 0 Å². The molecule has 2 nitrogen and oxygen atoms in total. The first-order valence-electron chi connectivity index (χ1n) is 7.38. The van der Waals surface area contributed by atoms with Crippen molar-refractivity contribution in [3.05, 3.63) is 65.0 Å². The van der Waals surface area contributed by atoms with Gasteiger partial charge in [-0.3, -0.25) is 4.98 Å². The van der Waals surface area contributed by atoms with E-state index in [9.17, 15) is 0 Å². The lowest BCUT2D eigenvalue weighted by Gasteiger charge is -2.21. The van der Waals surface area contributed by atoms with Crippen LogP contribution < -0.4 is 5.32 Å². The second kappa shape index (κ2) is 6.67. The van der Waals surface area contributed by atoms with Gasteiger partial charge < -0.3 is 5.32 Å². The summed E-state index contributed by atoms with van der Waals surface area (Å²) in [4.78, 5) is 4.41. The zero-order chi connectivity index (χ0) is 14.5. The lowest BCUT2D eigenvalue weighted by atomic mass is 9.94. The third-order valence-corrected chi connectivity index (χ3v) is 3.70. The molecule has 0 aliphatic heterocycles. The number of aryl methyl sites for hydroxylation is 1. The van der Waals surface area contributed by atoms with E-state index in [-0.39, 0.29) is 6.04 Å². The van der Waals surface area contributed by atoms with Crippen LogP contribution in [0.1, 0.15) is 55.1 Å². The van der Waals surface area contributed by atoms with Gasteiger partial charge in [-0.15, -0.1) is 0 Å². The van der Waals surface area contributed by atoms with Gasteiger partial charge in [0.05, 0.1) is 6.04 Å². The Morgan fingerprint density at radius 3 is 2.25 bits per heavy atom. The largest absolute Gasteiger partial charge is 0.306 e. The molecule has 1 aromatic heterocycles. The number of benzene rings is 1. The number of aromatic nitrogens is 1. The van der Waals surface area contributed by atoms with E-state index >= 15 is 0 Å². The van der Waals surface area contributed by atoms with E-state index in [0.717, 1.165) is 12.2 Å². The van der Waals surface area contributed by atoms with Gasteiger partial charge in [0.25, 0.3) is 0 Å². The Balaban J connectivity index is 2.36. The molecule has 2 rings (SSSR count). The van der Waals surface area contributed by atoms with E-state index in [0.29, 0.717) is 5.92 Å². The molecule has 0 aliphatic rings. The van der Waals surface area contributed by atoms with Gasteiger partial charge in [0.1, 0.15) is 0 Å². The van der Waals surface area contributed by atoms with Crippen LogP contribution in [-0.2, 0) is 0 Å². The molecule has 0 saturated heterocycles. The maximum Gasteiger partial charge on any atom is 0.0594 e. The number of hydrogen-bond donors (Lipinski definition) is 1. The standard InChI is InChI=1S/C18H24N2/c1-5-19-18(17-7-6-12-20-14(17)4)16-10-8-15(9-11-16)13(2)3/h6-13,18-19H,5H2,1-4H3. The third-order valence-electron chi connectivity index (χ3n) is 3.70. The van der Waals surface area contributed by atoms with Crippen LogP contribution in [0.3, 0.4) is 0 Å². The highest BCUT2D eigenvalue weighted by Crippen LogP contribution is 2.25. The summed E-state index contributed by atoms with van der Waals surface area (Å²) in [5.74, 6) is 0.571. The first-order valence-corrected chi connectivity index (χ1v) is 7.38. The van der Waals surface area contributed by atoms with Crippen LogP contribution in [0.5, 0.6) is 0 Å². The summed E-state index contributed by atoms with van der Waals surface area (Å²) < 4.78 is 0. The highest BCUT2D eigenvalue weighted by Gasteiger charge is 2.15. The number of nitrogens with zero attached hydrogens (tertiary/aromatic N) is 1. The van der Waals surface area contributed by atoms with Crippen molar-refractivity contribution in [2.24, 2.45) is 0 Å². The summed E-state index contributed by atoms with van der Waals surface area (Å²) in [5, 5.41) is 3.56. The van der Waals surface area contributed by atoms with E-state index in [1.807, 2.05) is 12.3 Å². The summed E-state index contributed by atoms with van der Waals surface area (Å²) in [6.07, 6.45) is 1.85. The SMILES string of the molecule is CCNC(c1ccc(C(C)C)cc1)c1cccnc1C. The van der Waals surface area contributed by atoms with E-state index < -0.39 is 0 Å². The topological polar surface area (TPSA) is 24.9 Å². The van der Waals surface area contributed by atoms with Crippen molar-refractivity contribution in [2.75, 3.05) is 6.54 Å². The van der Waals surface area contributed by atoms with Crippen molar-refractivity contribution in [3.8, 4) is 0 Å². The average Bonchev–Trinajstić information content (AvgIpc) is 2.46. The van der Waals surface area contributed by atoms with Crippen LogP contribution >= 0.6 is 0 Å². The van der Waals surface area contributed by atoms with Crippen LogP contribution in [0.25, 0.3) is 0 Å². The van der Waals surface area contributed by atoms with Gasteiger partial charge in [-0.05, 0) is 42.1 Å². The number of pyridine rings is 1. The molecule has 0 saturated carbocycles. The second-order valence-corrected chi connectivity index (χ2v) is 5.49. The minimum absolute atomic E-state index is 0.218. The van der Waals surface area contributed by atoms with E-state index in [4.69, 9.17) is 0 Å². The number of hydrogen-bond acceptors (Lipinski definition) is 2. The molecule has 1 heterocycles. The molecule has 0 fully saturated rings. The molecule has 0 spiro atoms. The smallest absolute Gasteiger partial charge is 0.0594 e. The number of rotatable bonds is 5. The van der Waals surface area contributed by atoms with Crippen molar-refractivity contribution < 1.29 is 0 Å². The van der Waals surface area contributed by atoms with Gasteiger partial charge in [0.2, 0.25) is 0 Å². The van der Waals surface area contributed by atoms with Gasteiger partial charge in [-0.2, -0.15) is 0 Å². The highest BCUT2D eigenvalue weighted by molar-refractivity contribution is 5.35. The lowest BCUT2D eigenvalue weighted by molar-refractivity contribution is 0.624. The predicted octanol–water partition coefficient (Wildman–Crippen LogP) is 4.21. The molecule has 106 valence electrons. The highest BCUT2D eigenvalue weighted by atomic mass is 14.9. The fraction of sp³-hybridized carbons (Fsp3) is 0.389. The molecule has 0 bridgehead atoms. The normalized spacial score (nSPS) is 12.7. The van der Waals surface area contributed by atoms with E-state index in [1.54, 1.807) is 0 Å². The minimum Gasteiger partial charge on any atom is -0.306 e. The molecule has 1 aromatic carbocycles. The Kier molecular flexibility index (Phi) is 4.91. The fourth-order valence-electron chi connectivity index (χ4n) is 2.49. The maximum absolute atomic E-state index is 4.41. The zero-order valence-electron chi connectivity index (χ0n) is 12.9.